The third kappa shape index (κ3) is 6.38. The second kappa shape index (κ2) is 12.3. The fraction of sp³-hybridized carbons (Fsp3) is 0.389. The highest BCUT2D eigenvalue weighted by molar-refractivity contribution is 7.91. The second-order valence-electron chi connectivity index (χ2n) is 13.8. The number of halogens is 1. The predicted molar refractivity (Wildman–Crippen MR) is 188 cm³/mol. The molecule has 4 aromatic rings. The molecule has 0 spiro atoms. The number of allylic oxidation sites excluding steroid dienone is 1. The average Bonchev–Trinajstić information content (AvgIpc) is 3.47. The smallest absolute Gasteiger partial charge is 0.337 e. The first kappa shape index (κ1) is 31.7. The lowest BCUT2D eigenvalue weighted by atomic mass is 9.72. The summed E-state index contributed by atoms with van der Waals surface area (Å²) in [6.07, 6.45) is 5.39. The summed E-state index contributed by atoms with van der Waals surface area (Å²) in [7, 11) is -3.65. The van der Waals surface area contributed by atoms with E-state index in [1.54, 1.807) is 18.3 Å². The number of H-pyrrole nitrogens is 1. The van der Waals surface area contributed by atoms with E-state index in [-0.39, 0.29) is 21.8 Å². The van der Waals surface area contributed by atoms with E-state index in [1.165, 1.54) is 23.1 Å². The summed E-state index contributed by atoms with van der Waals surface area (Å²) < 4.78 is 26.5. The van der Waals surface area contributed by atoms with Gasteiger partial charge in [-0.1, -0.05) is 43.2 Å². The Bertz CT molecular complexity index is 1980. The van der Waals surface area contributed by atoms with E-state index in [0.29, 0.717) is 30.0 Å². The zero-order chi connectivity index (χ0) is 32.9. The number of carbonyl (C=O) groups is 1. The van der Waals surface area contributed by atoms with Gasteiger partial charge in [0.15, 0.2) is 14.9 Å². The molecule has 0 unspecified atom stereocenters. The number of nitrogens with one attached hydrogen (secondary N) is 1. The van der Waals surface area contributed by atoms with E-state index in [2.05, 4.69) is 45.7 Å². The van der Waals surface area contributed by atoms with Gasteiger partial charge >= 0.3 is 5.97 Å². The molecule has 3 aliphatic rings. The van der Waals surface area contributed by atoms with Crippen molar-refractivity contribution in [3.8, 4) is 0 Å². The summed E-state index contributed by atoms with van der Waals surface area (Å²) in [5.74, 6) is -1.10. The first-order valence-electron chi connectivity index (χ1n) is 16.3. The molecule has 0 saturated carbocycles. The number of carboxylic acids is 1. The van der Waals surface area contributed by atoms with Crippen LogP contribution in [0.25, 0.3) is 16.6 Å². The third-order valence-electron chi connectivity index (χ3n) is 9.89. The zero-order valence-electron chi connectivity index (χ0n) is 26.8. The summed E-state index contributed by atoms with van der Waals surface area (Å²) >= 11 is 6.21. The molecular formula is C36H40ClN5O4S. The number of carboxylic acid groups (broad SMARTS) is 1. The van der Waals surface area contributed by atoms with Crippen LogP contribution in [0, 0.1) is 5.41 Å². The first-order valence-corrected chi connectivity index (χ1v) is 18.3. The van der Waals surface area contributed by atoms with Crippen LogP contribution in [0.1, 0.15) is 55.5 Å². The van der Waals surface area contributed by atoms with E-state index < -0.39 is 15.8 Å². The fourth-order valence-electron chi connectivity index (χ4n) is 7.27. The molecule has 7 rings (SSSR count). The van der Waals surface area contributed by atoms with Gasteiger partial charge in [0, 0.05) is 61.6 Å². The number of anilines is 3. The van der Waals surface area contributed by atoms with Gasteiger partial charge in [0.05, 0.1) is 22.7 Å². The Hall–Kier alpha value is -3.86. The van der Waals surface area contributed by atoms with Crippen LogP contribution in [0.4, 0.5) is 17.1 Å². The number of rotatable bonds is 6. The summed E-state index contributed by atoms with van der Waals surface area (Å²) in [6.45, 7) is 9.38. The molecule has 11 heteroatoms. The maximum atomic E-state index is 13.2. The second-order valence-corrected chi connectivity index (χ2v) is 16.2. The first-order chi connectivity index (χ1) is 22.5. The molecule has 47 heavy (non-hydrogen) atoms. The van der Waals surface area contributed by atoms with Crippen molar-refractivity contribution in [2.75, 3.05) is 54.8 Å². The maximum absolute atomic E-state index is 13.2. The van der Waals surface area contributed by atoms with Crippen LogP contribution in [-0.2, 0) is 9.84 Å². The number of aromatic carboxylic acids is 1. The van der Waals surface area contributed by atoms with Gasteiger partial charge in [-0.25, -0.2) is 18.2 Å². The standard InChI is InChI=1S/C36H40ClN5O4S/c1-36(2)12-10-26(30(22-36)24-4-6-27(37)7-5-24)23-40-15-17-41(18-16-40)28-8-9-29(35(43)44)31(21-28)42-14-3-19-47(45,46)34-32(42)20-25-11-13-38-33(25)39-34/h4-9,11,13,20-21H,3,10,12,14-19,22-23H2,1-2H3,(H,38,39)(H,43,44). The number of piperazine rings is 1. The van der Waals surface area contributed by atoms with Crippen molar-refractivity contribution in [3.05, 3.63) is 82.5 Å². The molecule has 246 valence electrons. The minimum absolute atomic E-state index is 0.0151. The summed E-state index contributed by atoms with van der Waals surface area (Å²) in [5.41, 5.74) is 6.93. The number of nitrogens with zero attached hydrogens (tertiary/aromatic N) is 4. The molecular weight excluding hydrogens is 634 g/mol. The van der Waals surface area contributed by atoms with Crippen LogP contribution in [0.15, 0.2) is 71.4 Å². The Kier molecular flexibility index (Phi) is 8.30. The van der Waals surface area contributed by atoms with Crippen molar-refractivity contribution in [1.82, 2.24) is 14.9 Å². The van der Waals surface area contributed by atoms with Gasteiger partial charge in [0.25, 0.3) is 0 Å². The molecule has 2 aromatic carbocycles. The normalized spacial score (nSPS) is 19.9. The Morgan fingerprint density at radius 3 is 2.51 bits per heavy atom. The Morgan fingerprint density at radius 2 is 1.77 bits per heavy atom. The van der Waals surface area contributed by atoms with E-state index >= 15 is 0 Å². The van der Waals surface area contributed by atoms with E-state index in [4.69, 9.17) is 11.6 Å². The van der Waals surface area contributed by atoms with Crippen LogP contribution in [0.3, 0.4) is 0 Å². The highest BCUT2D eigenvalue weighted by Gasteiger charge is 2.32. The van der Waals surface area contributed by atoms with Crippen LogP contribution in [-0.4, -0.2) is 79.4 Å². The summed E-state index contributed by atoms with van der Waals surface area (Å²) in [6, 6.07) is 17.3. The van der Waals surface area contributed by atoms with E-state index in [9.17, 15) is 18.3 Å². The molecule has 1 fully saturated rings. The lowest BCUT2D eigenvalue weighted by molar-refractivity contribution is 0.0697. The molecule has 9 nitrogen and oxygen atoms in total. The van der Waals surface area contributed by atoms with Crippen molar-refractivity contribution in [1.29, 1.82) is 0 Å². The number of benzene rings is 2. The number of aromatic amines is 1. The molecule has 2 N–H and O–H groups in total. The molecule has 2 aromatic heterocycles. The number of fused-ring (bicyclic) bond motifs is 2. The number of hydrogen-bond acceptors (Lipinski definition) is 7. The van der Waals surface area contributed by atoms with Gasteiger partial charge in [-0.15, -0.1) is 0 Å². The monoisotopic (exact) mass is 673 g/mol. The van der Waals surface area contributed by atoms with Crippen molar-refractivity contribution in [3.63, 3.8) is 0 Å². The Morgan fingerprint density at radius 1 is 1.00 bits per heavy atom. The van der Waals surface area contributed by atoms with Crippen LogP contribution >= 0.6 is 11.6 Å². The van der Waals surface area contributed by atoms with Gasteiger partial charge in [-0.2, -0.15) is 0 Å². The molecule has 0 atom stereocenters. The van der Waals surface area contributed by atoms with Gasteiger partial charge < -0.3 is 19.9 Å². The Balaban J connectivity index is 1.15. The number of sulfone groups is 1. The Labute approximate surface area is 280 Å². The molecule has 2 aliphatic heterocycles. The van der Waals surface area contributed by atoms with Crippen molar-refractivity contribution < 1.29 is 18.3 Å². The fourth-order valence-corrected chi connectivity index (χ4v) is 8.82. The molecule has 0 bridgehead atoms. The molecule has 0 amide bonds. The zero-order valence-corrected chi connectivity index (χ0v) is 28.4. The van der Waals surface area contributed by atoms with E-state index in [0.717, 1.165) is 61.7 Å². The summed E-state index contributed by atoms with van der Waals surface area (Å²) in [4.78, 5) is 26.6. The lowest BCUT2D eigenvalue weighted by Gasteiger charge is -2.39. The maximum Gasteiger partial charge on any atom is 0.337 e. The molecule has 4 heterocycles. The van der Waals surface area contributed by atoms with Crippen LogP contribution in [0.2, 0.25) is 5.02 Å². The molecule has 1 saturated heterocycles. The van der Waals surface area contributed by atoms with Crippen LogP contribution in [0.5, 0.6) is 0 Å². The SMILES string of the molecule is CC1(C)CCC(CN2CCN(c3ccc(C(=O)O)c(N4CCCS(=O)(=O)c5nc6[nH]ccc6cc54)c3)CC2)=C(c2ccc(Cl)cc2)C1. The van der Waals surface area contributed by atoms with Crippen LogP contribution < -0.4 is 9.80 Å². The predicted octanol–water partition coefficient (Wildman–Crippen LogP) is 7.02. The topological polar surface area (TPSA) is 110 Å². The number of pyridine rings is 1. The van der Waals surface area contributed by atoms with Gasteiger partial charge in [0.2, 0.25) is 0 Å². The minimum atomic E-state index is -3.65. The number of hydrogen-bond donors (Lipinski definition) is 2. The van der Waals surface area contributed by atoms with Crippen molar-refractivity contribution in [2.24, 2.45) is 5.41 Å². The number of aromatic nitrogens is 2. The lowest BCUT2D eigenvalue weighted by Crippen LogP contribution is -2.47. The summed E-state index contributed by atoms with van der Waals surface area (Å²) in [5, 5.41) is 11.7. The minimum Gasteiger partial charge on any atom is -0.478 e. The van der Waals surface area contributed by atoms with Gasteiger partial charge in [-0.05, 0) is 84.7 Å². The van der Waals surface area contributed by atoms with Crippen molar-refractivity contribution >= 4 is 61.1 Å². The largest absolute Gasteiger partial charge is 0.478 e. The molecule has 1 aliphatic carbocycles. The quantitative estimate of drug-likeness (QED) is 0.225. The highest BCUT2D eigenvalue weighted by Crippen LogP contribution is 2.44. The highest BCUT2D eigenvalue weighted by atomic mass is 35.5. The van der Waals surface area contributed by atoms with Gasteiger partial charge in [0.1, 0.15) is 5.65 Å². The van der Waals surface area contributed by atoms with Crippen molar-refractivity contribution in [2.45, 2.75) is 44.6 Å². The van der Waals surface area contributed by atoms with Gasteiger partial charge in [-0.3, -0.25) is 4.90 Å². The average molecular weight is 674 g/mol. The van der Waals surface area contributed by atoms with E-state index in [1.807, 2.05) is 35.2 Å². The molecule has 0 radical (unpaired) electrons. The third-order valence-corrected chi connectivity index (χ3v) is 11.9.